The number of benzene rings is 1. The van der Waals surface area contributed by atoms with Crippen LogP contribution < -0.4 is 15.5 Å². The van der Waals surface area contributed by atoms with E-state index < -0.39 is 12.0 Å². The van der Waals surface area contributed by atoms with Crippen molar-refractivity contribution in [1.29, 1.82) is 0 Å². The van der Waals surface area contributed by atoms with Gasteiger partial charge in [-0.25, -0.2) is 9.78 Å². The van der Waals surface area contributed by atoms with Gasteiger partial charge in [-0.05, 0) is 74.8 Å². The average molecular weight is 522 g/mol. The minimum atomic E-state index is -0.995. The summed E-state index contributed by atoms with van der Waals surface area (Å²) < 4.78 is 5.43. The van der Waals surface area contributed by atoms with Crippen molar-refractivity contribution in [3.8, 4) is 0 Å². The van der Waals surface area contributed by atoms with E-state index in [0.717, 1.165) is 62.5 Å². The highest BCUT2D eigenvalue weighted by molar-refractivity contribution is 6.01. The van der Waals surface area contributed by atoms with E-state index in [-0.39, 0.29) is 5.91 Å². The number of para-hydroxylation sites is 1. The van der Waals surface area contributed by atoms with E-state index in [4.69, 9.17) is 9.72 Å². The fourth-order valence-electron chi connectivity index (χ4n) is 5.76. The van der Waals surface area contributed by atoms with Crippen molar-refractivity contribution in [2.45, 2.75) is 44.6 Å². The molecule has 1 aromatic carbocycles. The molecular weight excluding hydrogens is 482 g/mol. The van der Waals surface area contributed by atoms with Crippen LogP contribution in [0.15, 0.2) is 36.4 Å². The number of rotatable bonds is 10. The van der Waals surface area contributed by atoms with Gasteiger partial charge < -0.3 is 30.3 Å². The molecule has 2 fully saturated rings. The number of hydrogen-bond acceptors (Lipinski definition) is 7. The fourth-order valence-corrected chi connectivity index (χ4v) is 5.76. The summed E-state index contributed by atoms with van der Waals surface area (Å²) in [6, 6.07) is 10.8. The number of amides is 1. The van der Waals surface area contributed by atoms with Crippen LogP contribution in [0.5, 0.6) is 0 Å². The number of carboxylic acids is 1. The number of nitrogens with one attached hydrogen (secondary N) is 2. The molecule has 204 valence electrons. The molecule has 2 saturated heterocycles. The SMILES string of the molecule is O=C(N[C@@H](CCN1CCC(CCc2ccc3c(n2)NCCC3)C1)C(=O)O)c1ccccc1N1CCOCC1. The zero-order valence-corrected chi connectivity index (χ0v) is 22.0. The van der Waals surface area contributed by atoms with Crippen LogP contribution >= 0.6 is 0 Å². The van der Waals surface area contributed by atoms with Gasteiger partial charge in [-0.2, -0.15) is 0 Å². The summed E-state index contributed by atoms with van der Waals surface area (Å²) in [7, 11) is 0. The smallest absolute Gasteiger partial charge is 0.326 e. The molecule has 1 unspecified atom stereocenters. The molecule has 9 nitrogen and oxygen atoms in total. The normalized spacial score (nSPS) is 20.4. The van der Waals surface area contributed by atoms with Crippen LogP contribution in [0.1, 0.15) is 47.3 Å². The van der Waals surface area contributed by atoms with E-state index >= 15 is 0 Å². The molecule has 3 aliphatic rings. The number of pyridine rings is 1. The third-order valence-corrected chi connectivity index (χ3v) is 7.97. The molecule has 4 heterocycles. The maximum absolute atomic E-state index is 13.1. The van der Waals surface area contributed by atoms with E-state index in [1.165, 1.54) is 12.0 Å². The Kier molecular flexibility index (Phi) is 8.75. The number of aryl methyl sites for hydroxylation is 2. The second kappa shape index (κ2) is 12.6. The Labute approximate surface area is 224 Å². The standard InChI is InChI=1S/C29H39N5O4/c35-28(24-5-1-2-6-26(24)34-16-18-38-19-17-34)32-25(29(36)37)12-15-33-14-11-21(20-33)7-9-23-10-8-22-4-3-13-30-27(22)31-23/h1-2,5-6,8,10,21,25H,3-4,7,9,11-20H2,(H,30,31)(H,32,35)(H,36,37)/t21?,25-/m0/s1. The lowest BCUT2D eigenvalue weighted by Gasteiger charge is -2.30. The van der Waals surface area contributed by atoms with Crippen LogP contribution in [-0.2, 0) is 22.4 Å². The number of ether oxygens (including phenoxy) is 1. The first kappa shape index (κ1) is 26.4. The Balaban J connectivity index is 1.10. The van der Waals surface area contributed by atoms with E-state index in [2.05, 4.69) is 32.6 Å². The molecule has 2 aromatic rings. The van der Waals surface area contributed by atoms with Crippen molar-refractivity contribution < 1.29 is 19.4 Å². The number of aromatic nitrogens is 1. The van der Waals surface area contributed by atoms with Gasteiger partial charge in [-0.1, -0.05) is 18.2 Å². The minimum absolute atomic E-state index is 0.342. The Bertz CT molecular complexity index is 1120. The second-order valence-corrected chi connectivity index (χ2v) is 10.6. The maximum atomic E-state index is 13.1. The molecule has 5 rings (SSSR count). The van der Waals surface area contributed by atoms with Gasteiger partial charge in [0.1, 0.15) is 11.9 Å². The van der Waals surface area contributed by atoms with E-state index in [1.807, 2.05) is 18.2 Å². The number of aliphatic carboxylic acids is 1. The number of anilines is 2. The van der Waals surface area contributed by atoms with Crippen molar-refractivity contribution >= 4 is 23.4 Å². The topological polar surface area (TPSA) is 107 Å². The Hall–Kier alpha value is -3.17. The van der Waals surface area contributed by atoms with Crippen molar-refractivity contribution in [3.63, 3.8) is 0 Å². The van der Waals surface area contributed by atoms with Crippen LogP contribution in [0.4, 0.5) is 11.5 Å². The first-order valence-corrected chi connectivity index (χ1v) is 14.0. The summed E-state index contributed by atoms with van der Waals surface area (Å²) in [6.07, 6.45) is 5.81. The number of nitrogens with zero attached hydrogens (tertiary/aromatic N) is 3. The molecule has 3 N–H and O–H groups in total. The average Bonchev–Trinajstić information content (AvgIpc) is 3.42. The van der Waals surface area contributed by atoms with Crippen molar-refractivity contribution in [2.75, 3.05) is 62.7 Å². The van der Waals surface area contributed by atoms with Gasteiger partial charge >= 0.3 is 5.97 Å². The van der Waals surface area contributed by atoms with Gasteiger partial charge in [0.05, 0.1) is 18.8 Å². The van der Waals surface area contributed by atoms with E-state index in [0.29, 0.717) is 50.8 Å². The molecule has 0 radical (unpaired) electrons. The summed E-state index contributed by atoms with van der Waals surface area (Å²) in [5, 5.41) is 16.0. The van der Waals surface area contributed by atoms with Crippen molar-refractivity contribution in [1.82, 2.24) is 15.2 Å². The highest BCUT2D eigenvalue weighted by atomic mass is 16.5. The number of carbonyl (C=O) groups is 2. The summed E-state index contributed by atoms with van der Waals surface area (Å²) in [4.78, 5) is 34.4. The number of morpholine rings is 1. The monoisotopic (exact) mass is 521 g/mol. The third kappa shape index (κ3) is 6.63. The number of hydrogen-bond donors (Lipinski definition) is 3. The third-order valence-electron chi connectivity index (χ3n) is 7.97. The lowest BCUT2D eigenvalue weighted by atomic mass is 10.00. The minimum Gasteiger partial charge on any atom is -0.480 e. The first-order valence-electron chi connectivity index (χ1n) is 14.0. The molecule has 3 aliphatic heterocycles. The molecular formula is C29H39N5O4. The fraction of sp³-hybridized carbons (Fsp3) is 0.552. The molecule has 0 spiro atoms. The van der Waals surface area contributed by atoms with Crippen LogP contribution in [0.3, 0.4) is 0 Å². The van der Waals surface area contributed by atoms with Gasteiger partial charge in [0, 0.05) is 44.1 Å². The predicted octanol–water partition coefficient (Wildman–Crippen LogP) is 2.80. The highest BCUT2D eigenvalue weighted by Gasteiger charge is 2.27. The Morgan fingerprint density at radius 3 is 2.84 bits per heavy atom. The van der Waals surface area contributed by atoms with Gasteiger partial charge in [0.25, 0.3) is 5.91 Å². The molecule has 1 amide bonds. The first-order chi connectivity index (χ1) is 18.6. The molecule has 1 aromatic heterocycles. The van der Waals surface area contributed by atoms with Crippen LogP contribution in [-0.4, -0.2) is 85.4 Å². The van der Waals surface area contributed by atoms with Gasteiger partial charge in [-0.15, -0.1) is 0 Å². The van der Waals surface area contributed by atoms with Gasteiger partial charge in [0.2, 0.25) is 0 Å². The number of likely N-dealkylation sites (tertiary alicyclic amines) is 1. The zero-order valence-electron chi connectivity index (χ0n) is 22.0. The number of fused-ring (bicyclic) bond motifs is 1. The largest absolute Gasteiger partial charge is 0.480 e. The molecule has 38 heavy (non-hydrogen) atoms. The van der Waals surface area contributed by atoms with Gasteiger partial charge in [0.15, 0.2) is 0 Å². The molecule has 0 aliphatic carbocycles. The second-order valence-electron chi connectivity index (χ2n) is 10.6. The lowest BCUT2D eigenvalue weighted by Crippen LogP contribution is -2.44. The summed E-state index contributed by atoms with van der Waals surface area (Å²) in [6.45, 7) is 6.23. The lowest BCUT2D eigenvalue weighted by molar-refractivity contribution is -0.139. The van der Waals surface area contributed by atoms with Crippen LogP contribution in [0.2, 0.25) is 0 Å². The summed E-state index contributed by atoms with van der Waals surface area (Å²) in [5.74, 6) is 0.297. The van der Waals surface area contributed by atoms with Crippen LogP contribution in [0, 0.1) is 5.92 Å². The van der Waals surface area contributed by atoms with Gasteiger partial charge in [-0.3, -0.25) is 4.79 Å². The summed E-state index contributed by atoms with van der Waals surface area (Å²) >= 11 is 0. The Morgan fingerprint density at radius 2 is 2.00 bits per heavy atom. The Morgan fingerprint density at radius 1 is 1.16 bits per heavy atom. The molecule has 0 bridgehead atoms. The van der Waals surface area contributed by atoms with E-state index in [1.54, 1.807) is 6.07 Å². The highest BCUT2D eigenvalue weighted by Crippen LogP contribution is 2.25. The summed E-state index contributed by atoms with van der Waals surface area (Å²) in [5.41, 5.74) is 3.79. The van der Waals surface area contributed by atoms with Crippen molar-refractivity contribution in [2.24, 2.45) is 5.92 Å². The molecule has 2 atom stereocenters. The zero-order chi connectivity index (χ0) is 26.3. The van der Waals surface area contributed by atoms with Crippen LogP contribution in [0.25, 0.3) is 0 Å². The maximum Gasteiger partial charge on any atom is 0.326 e. The molecule has 0 saturated carbocycles. The molecule has 9 heteroatoms. The predicted molar refractivity (Wildman–Crippen MR) is 147 cm³/mol. The van der Waals surface area contributed by atoms with E-state index in [9.17, 15) is 14.7 Å². The van der Waals surface area contributed by atoms with Crippen molar-refractivity contribution in [3.05, 3.63) is 53.2 Å². The number of carboxylic acid groups (broad SMARTS) is 1. The quantitative estimate of drug-likeness (QED) is 0.438. The number of carbonyl (C=O) groups excluding carboxylic acids is 1.